The van der Waals surface area contributed by atoms with E-state index in [2.05, 4.69) is 29.7 Å². The average molecular weight is 344 g/mol. The standard InChI is InChI=1S/C19H22ClN3O/c1-10-15-13-8-19(2,3)9-14(24)16(13)17(21-18(15)23-22-10)11-4-6-12(20)7-5-11/h4-7,15,17-18,21,23H,8-9H2,1-3H3/t15-,17+,18-/m0/s1. The molecule has 0 radical (unpaired) electrons. The zero-order valence-electron chi connectivity index (χ0n) is 14.2. The van der Waals surface area contributed by atoms with E-state index in [1.54, 1.807) is 0 Å². The second kappa shape index (κ2) is 5.43. The first kappa shape index (κ1) is 15.9. The van der Waals surface area contributed by atoms with Crippen LogP contribution in [0.5, 0.6) is 0 Å². The fourth-order valence-corrected chi connectivity index (χ4v) is 4.46. The zero-order chi connectivity index (χ0) is 17.1. The van der Waals surface area contributed by atoms with Crippen molar-refractivity contribution in [2.45, 2.75) is 45.8 Å². The third kappa shape index (κ3) is 2.49. The lowest BCUT2D eigenvalue weighted by molar-refractivity contribution is -0.118. The second-order valence-electron chi connectivity index (χ2n) is 7.87. The van der Waals surface area contributed by atoms with Gasteiger partial charge in [-0.3, -0.25) is 15.5 Å². The molecule has 2 heterocycles. The van der Waals surface area contributed by atoms with Crippen LogP contribution >= 0.6 is 11.6 Å². The maximum absolute atomic E-state index is 13.0. The predicted molar refractivity (Wildman–Crippen MR) is 95.9 cm³/mol. The van der Waals surface area contributed by atoms with Gasteiger partial charge in [-0.1, -0.05) is 37.6 Å². The molecule has 126 valence electrons. The second-order valence-corrected chi connectivity index (χ2v) is 8.31. The van der Waals surface area contributed by atoms with E-state index in [0.717, 1.165) is 23.3 Å². The van der Waals surface area contributed by atoms with Crippen molar-refractivity contribution >= 4 is 23.1 Å². The van der Waals surface area contributed by atoms with E-state index in [4.69, 9.17) is 11.6 Å². The van der Waals surface area contributed by atoms with Gasteiger partial charge >= 0.3 is 0 Å². The lowest BCUT2D eigenvalue weighted by Crippen LogP contribution is -2.52. The molecular formula is C19H22ClN3O. The Balaban J connectivity index is 1.85. The van der Waals surface area contributed by atoms with Gasteiger partial charge in [0.1, 0.15) is 6.17 Å². The largest absolute Gasteiger partial charge is 0.294 e. The molecule has 0 unspecified atom stereocenters. The molecular weight excluding hydrogens is 322 g/mol. The lowest BCUT2D eigenvalue weighted by atomic mass is 9.66. The highest BCUT2D eigenvalue weighted by molar-refractivity contribution is 6.30. The smallest absolute Gasteiger partial charge is 0.161 e. The monoisotopic (exact) mass is 343 g/mol. The van der Waals surface area contributed by atoms with Crippen molar-refractivity contribution in [3.8, 4) is 0 Å². The van der Waals surface area contributed by atoms with Crippen LogP contribution in [0, 0.1) is 11.3 Å². The number of hydrazone groups is 1. The highest BCUT2D eigenvalue weighted by Gasteiger charge is 2.47. The molecule has 3 aliphatic rings. The number of carbonyl (C=O) groups excluding carboxylic acids is 1. The molecule has 1 aliphatic carbocycles. The number of nitrogens with zero attached hydrogens (tertiary/aromatic N) is 1. The van der Waals surface area contributed by atoms with Crippen LogP contribution in [-0.2, 0) is 4.79 Å². The van der Waals surface area contributed by atoms with Gasteiger partial charge < -0.3 is 0 Å². The normalized spacial score (nSPS) is 31.2. The summed E-state index contributed by atoms with van der Waals surface area (Å²) in [5, 5.41) is 8.72. The van der Waals surface area contributed by atoms with Crippen molar-refractivity contribution in [2.75, 3.05) is 0 Å². The van der Waals surface area contributed by atoms with Crippen molar-refractivity contribution < 1.29 is 4.79 Å². The first-order chi connectivity index (χ1) is 11.4. The number of rotatable bonds is 1. The number of hydrogen-bond acceptors (Lipinski definition) is 4. The van der Waals surface area contributed by atoms with Crippen molar-refractivity contribution in [2.24, 2.45) is 16.4 Å². The Kier molecular flexibility index (Phi) is 3.59. The molecule has 1 aromatic carbocycles. The lowest BCUT2D eigenvalue weighted by Gasteiger charge is -2.43. The minimum atomic E-state index is -0.101. The first-order valence-electron chi connectivity index (χ1n) is 8.43. The summed E-state index contributed by atoms with van der Waals surface area (Å²) in [4.78, 5) is 13.0. The van der Waals surface area contributed by atoms with E-state index in [9.17, 15) is 4.79 Å². The topological polar surface area (TPSA) is 53.5 Å². The molecule has 0 aromatic heterocycles. The first-order valence-corrected chi connectivity index (χ1v) is 8.81. The summed E-state index contributed by atoms with van der Waals surface area (Å²) in [6.45, 7) is 6.40. The summed E-state index contributed by atoms with van der Waals surface area (Å²) in [5.74, 6) is 0.430. The van der Waals surface area contributed by atoms with Crippen molar-refractivity contribution in [1.29, 1.82) is 0 Å². The van der Waals surface area contributed by atoms with Crippen LogP contribution in [-0.4, -0.2) is 17.7 Å². The molecule has 0 amide bonds. The Morgan fingerprint density at radius 1 is 1.21 bits per heavy atom. The summed E-state index contributed by atoms with van der Waals surface area (Å²) in [6.07, 6.45) is 1.58. The van der Waals surface area contributed by atoms with E-state index >= 15 is 0 Å². The van der Waals surface area contributed by atoms with Crippen LogP contribution in [0.2, 0.25) is 5.02 Å². The Morgan fingerprint density at radius 3 is 2.62 bits per heavy atom. The fraction of sp³-hybridized carbons (Fsp3) is 0.474. The SMILES string of the molecule is CC1=NN[C@@H]2N[C@H](c3ccc(Cl)cc3)C3=C(CC(C)(C)CC3=O)[C@H]12. The third-order valence-corrected chi connectivity index (χ3v) is 5.58. The Labute approximate surface area is 147 Å². The number of hydrogen-bond donors (Lipinski definition) is 2. The Morgan fingerprint density at radius 2 is 1.92 bits per heavy atom. The summed E-state index contributed by atoms with van der Waals surface area (Å²) in [7, 11) is 0. The number of ketones is 1. The number of Topliss-reactive ketones (excluding diaryl/α,β-unsaturated/α-hetero) is 1. The van der Waals surface area contributed by atoms with E-state index in [1.807, 2.05) is 31.2 Å². The maximum atomic E-state index is 13.0. The summed E-state index contributed by atoms with van der Waals surface area (Å²) in [6, 6.07) is 7.66. The quantitative estimate of drug-likeness (QED) is 0.819. The van der Waals surface area contributed by atoms with Gasteiger partial charge in [0.15, 0.2) is 5.78 Å². The number of benzene rings is 1. The number of carbonyl (C=O) groups is 1. The van der Waals surface area contributed by atoms with Crippen LogP contribution in [0.3, 0.4) is 0 Å². The molecule has 2 aliphatic heterocycles. The van der Waals surface area contributed by atoms with Crippen LogP contribution in [0.25, 0.3) is 0 Å². The number of fused-ring (bicyclic) bond motifs is 2. The third-order valence-electron chi connectivity index (χ3n) is 5.33. The average Bonchev–Trinajstić information content (AvgIpc) is 2.87. The molecule has 0 saturated carbocycles. The van der Waals surface area contributed by atoms with Crippen molar-refractivity contribution in [3.05, 3.63) is 46.0 Å². The molecule has 2 N–H and O–H groups in total. The Bertz CT molecular complexity index is 763. The molecule has 24 heavy (non-hydrogen) atoms. The molecule has 5 heteroatoms. The van der Waals surface area contributed by atoms with Gasteiger partial charge in [0.2, 0.25) is 0 Å². The van der Waals surface area contributed by atoms with Gasteiger partial charge in [0.25, 0.3) is 0 Å². The fourth-order valence-electron chi connectivity index (χ4n) is 4.33. The highest BCUT2D eigenvalue weighted by atomic mass is 35.5. The van der Waals surface area contributed by atoms with Crippen LogP contribution < -0.4 is 10.7 Å². The van der Waals surface area contributed by atoms with Crippen LogP contribution in [0.15, 0.2) is 40.5 Å². The molecule has 0 bridgehead atoms. The van der Waals surface area contributed by atoms with E-state index < -0.39 is 0 Å². The van der Waals surface area contributed by atoms with E-state index in [0.29, 0.717) is 11.4 Å². The van der Waals surface area contributed by atoms with Gasteiger partial charge in [-0.05, 0) is 42.0 Å². The summed E-state index contributed by atoms with van der Waals surface area (Å²) >= 11 is 6.03. The molecule has 4 nitrogen and oxygen atoms in total. The van der Waals surface area contributed by atoms with Crippen LogP contribution in [0.4, 0.5) is 0 Å². The van der Waals surface area contributed by atoms with Crippen LogP contribution in [0.1, 0.15) is 45.2 Å². The molecule has 0 saturated heterocycles. The zero-order valence-corrected chi connectivity index (χ0v) is 14.9. The maximum Gasteiger partial charge on any atom is 0.161 e. The van der Waals surface area contributed by atoms with Gasteiger partial charge in [-0.15, -0.1) is 0 Å². The van der Waals surface area contributed by atoms with Gasteiger partial charge in [0.05, 0.1) is 12.0 Å². The predicted octanol–water partition coefficient (Wildman–Crippen LogP) is 3.59. The molecule has 3 atom stereocenters. The van der Waals surface area contributed by atoms with Gasteiger partial charge in [-0.25, -0.2) is 0 Å². The van der Waals surface area contributed by atoms with Crippen molar-refractivity contribution in [3.63, 3.8) is 0 Å². The summed E-state index contributed by atoms with van der Waals surface area (Å²) in [5.41, 5.74) is 7.53. The summed E-state index contributed by atoms with van der Waals surface area (Å²) < 4.78 is 0. The number of halogens is 1. The van der Waals surface area contributed by atoms with E-state index in [1.165, 1.54) is 5.57 Å². The van der Waals surface area contributed by atoms with Crippen molar-refractivity contribution in [1.82, 2.24) is 10.7 Å². The molecule has 0 fully saturated rings. The van der Waals surface area contributed by atoms with E-state index in [-0.39, 0.29) is 29.3 Å². The van der Waals surface area contributed by atoms with Gasteiger partial charge in [-0.2, -0.15) is 5.10 Å². The molecule has 0 spiro atoms. The molecule has 4 rings (SSSR count). The Hall–Kier alpha value is -1.65. The molecule has 1 aromatic rings. The minimum absolute atomic E-state index is 0.00518. The number of nitrogens with one attached hydrogen (secondary N) is 2. The highest BCUT2D eigenvalue weighted by Crippen LogP contribution is 2.47. The van der Waals surface area contributed by atoms with Gasteiger partial charge in [0, 0.05) is 22.7 Å². The minimum Gasteiger partial charge on any atom is -0.294 e.